The molecule has 1 aliphatic heterocycles. The normalized spacial score (nSPS) is 18.6. The van der Waals surface area contributed by atoms with Crippen LogP contribution in [0.3, 0.4) is 0 Å². The standard InChI is InChI=1S/C47H47N3O7S2/c1-32-15-25-40(26-16-32)59(54,55)49-42(28-34-10-4-3-5-11-34)46(52)48-29-39-12-6-7-13-41(39)36-21-23-38(24-22-36)47-56-43(31-58-44-14-8-9-27-50(44)53)33(2)45(57-47)37-19-17-35(30-51)18-20-37/h3-27,33,42-43,45,47,49,51H,28-31H2,1-2H3,(H,48,52)/t33-,42+,43+,45+,47+/m0/s1. The third-order valence-corrected chi connectivity index (χ3v) is 13.1. The molecular formula is C47H47N3O7S2. The summed E-state index contributed by atoms with van der Waals surface area (Å²) >= 11 is 1.44. The summed E-state index contributed by atoms with van der Waals surface area (Å²) in [5, 5.41) is 25.6. The van der Waals surface area contributed by atoms with Crippen LogP contribution in [0.1, 0.15) is 52.7 Å². The molecule has 2 heterocycles. The molecule has 1 aliphatic rings. The highest BCUT2D eigenvalue weighted by Crippen LogP contribution is 2.43. The number of carbonyl (C=O) groups excluding carboxylic acids is 1. The molecule has 1 amide bonds. The van der Waals surface area contributed by atoms with Gasteiger partial charge in [0.1, 0.15) is 6.04 Å². The van der Waals surface area contributed by atoms with Crippen LogP contribution in [0.4, 0.5) is 0 Å². The maximum atomic E-state index is 13.8. The minimum absolute atomic E-state index is 0.0471. The number of rotatable bonds is 15. The summed E-state index contributed by atoms with van der Waals surface area (Å²) in [4.78, 5) is 13.9. The number of ether oxygens (including phenoxy) is 2. The number of hydrogen-bond acceptors (Lipinski definition) is 8. The molecule has 1 aromatic heterocycles. The molecule has 5 aromatic carbocycles. The van der Waals surface area contributed by atoms with Gasteiger partial charge in [0, 0.05) is 35.9 Å². The number of aliphatic hydroxyl groups is 1. The van der Waals surface area contributed by atoms with Crippen molar-refractivity contribution in [2.45, 2.75) is 67.9 Å². The van der Waals surface area contributed by atoms with E-state index in [-0.39, 0.29) is 42.6 Å². The van der Waals surface area contributed by atoms with E-state index in [1.54, 1.807) is 24.3 Å². The lowest BCUT2D eigenvalue weighted by Gasteiger charge is -2.41. The molecule has 5 atom stereocenters. The molecule has 10 nitrogen and oxygen atoms in total. The van der Waals surface area contributed by atoms with E-state index in [0.29, 0.717) is 10.8 Å². The van der Waals surface area contributed by atoms with Crippen molar-refractivity contribution in [3.8, 4) is 11.1 Å². The number of aryl methyl sites for hydroxylation is 1. The Bertz CT molecular complexity index is 2430. The van der Waals surface area contributed by atoms with E-state index in [1.807, 2.05) is 116 Å². The van der Waals surface area contributed by atoms with E-state index in [1.165, 1.54) is 30.1 Å². The Hall–Kier alpha value is -5.34. The van der Waals surface area contributed by atoms with Gasteiger partial charge in [-0.3, -0.25) is 4.79 Å². The summed E-state index contributed by atoms with van der Waals surface area (Å²) in [5.41, 5.74) is 7.03. The number of hydrogen-bond donors (Lipinski definition) is 3. The second-order valence-corrected chi connectivity index (χ2v) is 17.4. The molecule has 304 valence electrons. The van der Waals surface area contributed by atoms with Crippen molar-refractivity contribution < 1.29 is 32.5 Å². The van der Waals surface area contributed by atoms with E-state index >= 15 is 0 Å². The Morgan fingerprint density at radius 2 is 1.49 bits per heavy atom. The highest BCUT2D eigenvalue weighted by atomic mass is 32.2. The first-order valence-electron chi connectivity index (χ1n) is 19.5. The van der Waals surface area contributed by atoms with Gasteiger partial charge in [0.25, 0.3) is 5.03 Å². The molecule has 0 saturated carbocycles. The third-order valence-electron chi connectivity index (χ3n) is 10.5. The molecule has 1 saturated heterocycles. The monoisotopic (exact) mass is 829 g/mol. The van der Waals surface area contributed by atoms with E-state index in [0.717, 1.165) is 49.2 Å². The molecule has 7 rings (SSSR count). The van der Waals surface area contributed by atoms with Crippen LogP contribution in [-0.2, 0) is 43.9 Å². The molecule has 0 radical (unpaired) electrons. The first kappa shape index (κ1) is 41.8. The number of nitrogens with one attached hydrogen (secondary N) is 2. The lowest BCUT2D eigenvalue weighted by atomic mass is 9.91. The Labute approximate surface area is 349 Å². The highest BCUT2D eigenvalue weighted by molar-refractivity contribution is 7.99. The predicted molar refractivity (Wildman–Crippen MR) is 228 cm³/mol. The summed E-state index contributed by atoms with van der Waals surface area (Å²) in [5.74, 6) is 0.0465. The molecule has 0 bridgehead atoms. The largest absolute Gasteiger partial charge is 0.618 e. The zero-order chi connectivity index (χ0) is 41.4. The van der Waals surface area contributed by atoms with Crippen LogP contribution in [0.15, 0.2) is 162 Å². The molecular weight excluding hydrogens is 783 g/mol. The van der Waals surface area contributed by atoms with Crippen LogP contribution in [-0.4, -0.2) is 37.3 Å². The van der Waals surface area contributed by atoms with Crippen molar-refractivity contribution in [3.63, 3.8) is 0 Å². The molecule has 1 fully saturated rings. The Morgan fingerprint density at radius 1 is 0.814 bits per heavy atom. The van der Waals surface area contributed by atoms with Crippen molar-refractivity contribution >= 4 is 27.7 Å². The highest BCUT2D eigenvalue weighted by Gasteiger charge is 2.39. The van der Waals surface area contributed by atoms with Gasteiger partial charge < -0.3 is 25.1 Å². The predicted octanol–water partition coefficient (Wildman–Crippen LogP) is 7.58. The fourth-order valence-corrected chi connectivity index (χ4v) is 9.37. The minimum atomic E-state index is -3.99. The second kappa shape index (κ2) is 19.2. The first-order chi connectivity index (χ1) is 28.6. The zero-order valence-corrected chi connectivity index (χ0v) is 34.4. The number of aromatic nitrogens is 1. The summed E-state index contributed by atoms with van der Waals surface area (Å²) < 4.78 is 43.6. The topological polar surface area (TPSA) is 141 Å². The van der Waals surface area contributed by atoms with E-state index in [2.05, 4.69) is 17.0 Å². The number of sulfonamides is 1. The van der Waals surface area contributed by atoms with Gasteiger partial charge in [0.2, 0.25) is 15.9 Å². The van der Waals surface area contributed by atoms with Crippen LogP contribution < -0.4 is 14.8 Å². The number of thioether (sulfide) groups is 1. The molecule has 6 aromatic rings. The fourth-order valence-electron chi connectivity index (χ4n) is 7.09. The van der Waals surface area contributed by atoms with Crippen LogP contribution in [0.5, 0.6) is 0 Å². The van der Waals surface area contributed by atoms with Crippen LogP contribution >= 0.6 is 11.8 Å². The van der Waals surface area contributed by atoms with E-state index in [4.69, 9.17) is 9.47 Å². The van der Waals surface area contributed by atoms with Crippen molar-refractivity contribution in [3.05, 3.63) is 190 Å². The van der Waals surface area contributed by atoms with Crippen LogP contribution in [0.2, 0.25) is 0 Å². The quantitative estimate of drug-likeness (QED) is 0.0547. The molecule has 12 heteroatoms. The van der Waals surface area contributed by atoms with Gasteiger partial charge in [-0.1, -0.05) is 140 Å². The Kier molecular flexibility index (Phi) is 13.6. The van der Waals surface area contributed by atoms with Gasteiger partial charge >= 0.3 is 0 Å². The number of benzene rings is 5. The first-order valence-corrected chi connectivity index (χ1v) is 22.0. The smallest absolute Gasteiger partial charge is 0.251 e. The van der Waals surface area contributed by atoms with Gasteiger partial charge in [0.05, 0.1) is 23.7 Å². The number of pyridine rings is 1. The maximum absolute atomic E-state index is 13.8. The maximum Gasteiger partial charge on any atom is 0.251 e. The number of carbonyl (C=O) groups is 1. The minimum Gasteiger partial charge on any atom is -0.618 e. The lowest BCUT2D eigenvalue weighted by Crippen LogP contribution is -2.47. The Morgan fingerprint density at radius 3 is 2.20 bits per heavy atom. The fraction of sp³-hybridized carbons (Fsp3) is 0.234. The molecule has 0 spiro atoms. The number of nitrogens with zero attached hydrogens (tertiary/aromatic N) is 1. The van der Waals surface area contributed by atoms with E-state index < -0.39 is 28.3 Å². The molecule has 0 aliphatic carbocycles. The molecule has 0 unspecified atom stereocenters. The van der Waals surface area contributed by atoms with Gasteiger partial charge in [-0.15, -0.1) is 0 Å². The van der Waals surface area contributed by atoms with Gasteiger partial charge in [-0.25, -0.2) is 8.42 Å². The van der Waals surface area contributed by atoms with Crippen LogP contribution in [0.25, 0.3) is 11.1 Å². The van der Waals surface area contributed by atoms with Gasteiger partial charge in [-0.05, 0) is 64.9 Å². The average Bonchev–Trinajstić information content (AvgIpc) is 3.26. The van der Waals surface area contributed by atoms with Crippen LogP contribution in [0, 0.1) is 18.0 Å². The van der Waals surface area contributed by atoms with Gasteiger partial charge in [-0.2, -0.15) is 9.45 Å². The number of amides is 1. The van der Waals surface area contributed by atoms with Crippen molar-refractivity contribution in [2.24, 2.45) is 5.92 Å². The summed E-state index contributed by atoms with van der Waals surface area (Å²) in [6, 6.07) is 43.6. The zero-order valence-electron chi connectivity index (χ0n) is 32.8. The second-order valence-electron chi connectivity index (χ2n) is 14.7. The summed E-state index contributed by atoms with van der Waals surface area (Å²) in [6.07, 6.45) is 0.405. The van der Waals surface area contributed by atoms with Crippen molar-refractivity contribution in [1.82, 2.24) is 10.0 Å². The van der Waals surface area contributed by atoms with Crippen molar-refractivity contribution in [1.29, 1.82) is 0 Å². The SMILES string of the molecule is Cc1ccc(S(=O)(=O)N[C@H](Cc2ccccc2)C(=O)NCc2ccccc2-c2ccc([C@@H]3O[C@H](CSc4cccc[n+]4[O-])[C@H](C)[C@H](c4ccc(CO)cc4)O3)cc2)cc1. The molecule has 3 N–H and O–H groups in total. The van der Waals surface area contributed by atoms with Gasteiger partial charge in [0.15, 0.2) is 12.5 Å². The number of aliphatic hydroxyl groups excluding tert-OH is 1. The molecule has 59 heavy (non-hydrogen) atoms. The average molecular weight is 830 g/mol. The Balaban J connectivity index is 1.08. The summed E-state index contributed by atoms with van der Waals surface area (Å²) in [6.45, 7) is 4.09. The third kappa shape index (κ3) is 10.5. The summed E-state index contributed by atoms with van der Waals surface area (Å²) in [7, 11) is -3.99. The van der Waals surface area contributed by atoms with Crippen molar-refractivity contribution in [2.75, 3.05) is 5.75 Å². The lowest BCUT2D eigenvalue weighted by molar-refractivity contribution is -0.645. The van der Waals surface area contributed by atoms with E-state index in [9.17, 15) is 23.5 Å².